The average molecular weight is 285 g/mol. The number of benzene rings is 2. The standard InChI is InChI=1S/C17H16FNO2/c1-20-16-6-3-12(9-17(16)21-2)11-19-8-7-13-4-5-14(18)10-15(13)19/h3-10H,11H2,1-2H3. The Morgan fingerprint density at radius 2 is 1.76 bits per heavy atom. The van der Waals surface area contributed by atoms with Crippen molar-refractivity contribution in [2.24, 2.45) is 0 Å². The lowest BCUT2D eigenvalue weighted by atomic mass is 10.2. The summed E-state index contributed by atoms with van der Waals surface area (Å²) < 4.78 is 26.0. The highest BCUT2D eigenvalue weighted by molar-refractivity contribution is 5.80. The van der Waals surface area contributed by atoms with Gasteiger partial charge in [0.25, 0.3) is 0 Å². The van der Waals surface area contributed by atoms with Crippen molar-refractivity contribution >= 4 is 10.9 Å². The Morgan fingerprint density at radius 1 is 0.952 bits per heavy atom. The van der Waals surface area contributed by atoms with E-state index in [-0.39, 0.29) is 5.82 Å². The van der Waals surface area contributed by atoms with Gasteiger partial charge in [0, 0.05) is 12.7 Å². The number of ether oxygens (including phenoxy) is 2. The predicted octanol–water partition coefficient (Wildman–Crippen LogP) is 3.85. The summed E-state index contributed by atoms with van der Waals surface area (Å²) >= 11 is 0. The van der Waals surface area contributed by atoms with Crippen molar-refractivity contribution in [3.8, 4) is 11.5 Å². The molecule has 0 bridgehead atoms. The van der Waals surface area contributed by atoms with Gasteiger partial charge in [0.1, 0.15) is 5.82 Å². The third-order valence-corrected chi connectivity index (χ3v) is 3.54. The lowest BCUT2D eigenvalue weighted by molar-refractivity contribution is 0.354. The monoisotopic (exact) mass is 285 g/mol. The van der Waals surface area contributed by atoms with Gasteiger partial charge in [-0.05, 0) is 47.3 Å². The SMILES string of the molecule is COc1ccc(Cn2ccc3ccc(F)cc32)cc1OC. The average Bonchev–Trinajstić information content (AvgIpc) is 2.89. The van der Waals surface area contributed by atoms with Crippen LogP contribution in [0.25, 0.3) is 10.9 Å². The zero-order valence-corrected chi connectivity index (χ0v) is 12.0. The lowest BCUT2D eigenvalue weighted by Crippen LogP contribution is -1.99. The van der Waals surface area contributed by atoms with Crippen LogP contribution in [-0.4, -0.2) is 18.8 Å². The highest BCUT2D eigenvalue weighted by Gasteiger charge is 2.07. The second-order valence-corrected chi connectivity index (χ2v) is 4.84. The van der Waals surface area contributed by atoms with Crippen molar-refractivity contribution in [1.29, 1.82) is 0 Å². The van der Waals surface area contributed by atoms with Gasteiger partial charge in [-0.3, -0.25) is 0 Å². The van der Waals surface area contributed by atoms with E-state index in [2.05, 4.69) is 0 Å². The Balaban J connectivity index is 1.96. The van der Waals surface area contributed by atoms with E-state index < -0.39 is 0 Å². The molecule has 0 saturated carbocycles. The summed E-state index contributed by atoms with van der Waals surface area (Å²) in [6, 6.07) is 12.6. The highest BCUT2D eigenvalue weighted by Crippen LogP contribution is 2.28. The molecule has 3 nitrogen and oxygen atoms in total. The van der Waals surface area contributed by atoms with Gasteiger partial charge in [-0.25, -0.2) is 4.39 Å². The van der Waals surface area contributed by atoms with Crippen LogP contribution in [0.2, 0.25) is 0 Å². The first-order valence-corrected chi connectivity index (χ1v) is 6.66. The summed E-state index contributed by atoms with van der Waals surface area (Å²) in [7, 11) is 3.22. The fraction of sp³-hybridized carbons (Fsp3) is 0.176. The van der Waals surface area contributed by atoms with E-state index in [1.807, 2.05) is 35.0 Å². The zero-order valence-electron chi connectivity index (χ0n) is 12.0. The van der Waals surface area contributed by atoms with Crippen LogP contribution in [0.15, 0.2) is 48.7 Å². The number of hydrogen-bond donors (Lipinski definition) is 0. The highest BCUT2D eigenvalue weighted by atomic mass is 19.1. The molecule has 0 N–H and O–H groups in total. The van der Waals surface area contributed by atoms with Crippen molar-refractivity contribution in [1.82, 2.24) is 4.57 Å². The van der Waals surface area contributed by atoms with Crippen LogP contribution in [0.4, 0.5) is 4.39 Å². The third-order valence-electron chi connectivity index (χ3n) is 3.54. The van der Waals surface area contributed by atoms with Crippen LogP contribution in [0.1, 0.15) is 5.56 Å². The van der Waals surface area contributed by atoms with Crippen LogP contribution in [0.5, 0.6) is 11.5 Å². The first kappa shape index (κ1) is 13.5. The van der Waals surface area contributed by atoms with E-state index in [9.17, 15) is 4.39 Å². The van der Waals surface area contributed by atoms with E-state index in [4.69, 9.17) is 9.47 Å². The van der Waals surface area contributed by atoms with Gasteiger partial charge >= 0.3 is 0 Å². The minimum absolute atomic E-state index is 0.227. The first-order chi connectivity index (χ1) is 10.2. The minimum Gasteiger partial charge on any atom is -0.493 e. The van der Waals surface area contributed by atoms with Crippen molar-refractivity contribution in [2.45, 2.75) is 6.54 Å². The number of rotatable bonds is 4. The summed E-state index contributed by atoms with van der Waals surface area (Å²) in [5.41, 5.74) is 1.94. The van der Waals surface area contributed by atoms with Gasteiger partial charge < -0.3 is 14.0 Å². The fourth-order valence-corrected chi connectivity index (χ4v) is 2.47. The summed E-state index contributed by atoms with van der Waals surface area (Å²) in [6.45, 7) is 0.646. The smallest absolute Gasteiger partial charge is 0.161 e. The number of halogens is 1. The number of hydrogen-bond acceptors (Lipinski definition) is 2. The Hall–Kier alpha value is -2.49. The molecule has 1 aromatic heterocycles. The van der Waals surface area contributed by atoms with E-state index in [0.29, 0.717) is 18.0 Å². The van der Waals surface area contributed by atoms with Gasteiger partial charge in [-0.1, -0.05) is 6.07 Å². The van der Waals surface area contributed by atoms with Gasteiger partial charge in [0.15, 0.2) is 11.5 Å². The molecule has 0 saturated heterocycles. The van der Waals surface area contributed by atoms with Crippen molar-refractivity contribution < 1.29 is 13.9 Å². The maximum Gasteiger partial charge on any atom is 0.161 e. The van der Waals surface area contributed by atoms with Gasteiger partial charge in [-0.2, -0.15) is 0 Å². The predicted molar refractivity (Wildman–Crippen MR) is 80.5 cm³/mol. The Kier molecular flexibility index (Phi) is 3.52. The molecule has 0 aliphatic rings. The summed E-state index contributed by atoms with van der Waals surface area (Å²) in [4.78, 5) is 0. The number of fused-ring (bicyclic) bond motifs is 1. The molecule has 4 heteroatoms. The maximum atomic E-state index is 13.4. The molecule has 2 aromatic carbocycles. The maximum absolute atomic E-state index is 13.4. The first-order valence-electron chi connectivity index (χ1n) is 6.66. The van der Waals surface area contributed by atoms with Crippen molar-refractivity contribution in [3.63, 3.8) is 0 Å². The molecule has 3 rings (SSSR count). The molecule has 0 atom stereocenters. The minimum atomic E-state index is -0.227. The molecule has 0 fully saturated rings. The Morgan fingerprint density at radius 3 is 2.52 bits per heavy atom. The Labute approximate surface area is 122 Å². The molecule has 0 unspecified atom stereocenters. The molecule has 0 radical (unpaired) electrons. The van der Waals surface area contributed by atoms with Gasteiger partial charge in [0.05, 0.1) is 19.7 Å². The molecule has 0 amide bonds. The topological polar surface area (TPSA) is 23.4 Å². The van der Waals surface area contributed by atoms with Crippen molar-refractivity contribution in [3.05, 3.63) is 60.0 Å². The van der Waals surface area contributed by atoms with Crippen LogP contribution < -0.4 is 9.47 Å². The van der Waals surface area contributed by atoms with E-state index in [0.717, 1.165) is 16.5 Å². The quantitative estimate of drug-likeness (QED) is 0.727. The van der Waals surface area contributed by atoms with E-state index in [1.165, 1.54) is 6.07 Å². The molecule has 0 spiro atoms. The van der Waals surface area contributed by atoms with E-state index in [1.54, 1.807) is 26.4 Å². The van der Waals surface area contributed by atoms with Crippen LogP contribution >= 0.6 is 0 Å². The summed E-state index contributed by atoms with van der Waals surface area (Å²) in [6.07, 6.45) is 1.96. The molecule has 21 heavy (non-hydrogen) atoms. The fourth-order valence-electron chi connectivity index (χ4n) is 2.47. The van der Waals surface area contributed by atoms with Gasteiger partial charge in [-0.15, -0.1) is 0 Å². The van der Waals surface area contributed by atoms with Crippen LogP contribution in [0.3, 0.4) is 0 Å². The molecular weight excluding hydrogens is 269 g/mol. The van der Waals surface area contributed by atoms with E-state index >= 15 is 0 Å². The van der Waals surface area contributed by atoms with Crippen LogP contribution in [0, 0.1) is 5.82 Å². The molecule has 108 valence electrons. The number of nitrogens with zero attached hydrogens (tertiary/aromatic N) is 1. The second-order valence-electron chi connectivity index (χ2n) is 4.84. The normalized spacial score (nSPS) is 10.8. The third kappa shape index (κ3) is 2.57. The summed E-state index contributed by atoms with van der Waals surface area (Å²) in [5, 5.41) is 1.02. The molecular formula is C17H16FNO2. The largest absolute Gasteiger partial charge is 0.493 e. The second kappa shape index (κ2) is 5.48. The molecule has 3 aromatic rings. The molecule has 0 aliphatic carbocycles. The van der Waals surface area contributed by atoms with Gasteiger partial charge in [0.2, 0.25) is 0 Å². The zero-order chi connectivity index (χ0) is 14.8. The van der Waals surface area contributed by atoms with Crippen molar-refractivity contribution in [2.75, 3.05) is 14.2 Å². The molecule has 1 heterocycles. The summed E-state index contributed by atoms with van der Waals surface area (Å²) in [5.74, 6) is 1.16. The molecule has 0 aliphatic heterocycles. The number of aromatic nitrogens is 1. The lowest BCUT2D eigenvalue weighted by Gasteiger charge is -2.11. The van der Waals surface area contributed by atoms with Crippen LogP contribution in [-0.2, 0) is 6.54 Å². The Bertz CT molecular complexity index is 780. The number of methoxy groups -OCH3 is 2.